The number of aliphatic carboxylic acids is 1. The van der Waals surface area contributed by atoms with Gasteiger partial charge in [-0.15, -0.1) is 0 Å². The van der Waals surface area contributed by atoms with E-state index < -0.39 is 40.9 Å². The molecule has 10 heteroatoms. The first-order valence-corrected chi connectivity index (χ1v) is 12.8. The van der Waals surface area contributed by atoms with Crippen molar-refractivity contribution in [2.45, 2.75) is 18.9 Å². The highest BCUT2D eigenvalue weighted by atomic mass is 19.1. The van der Waals surface area contributed by atoms with Crippen molar-refractivity contribution in [3.05, 3.63) is 107 Å². The lowest BCUT2D eigenvalue weighted by Gasteiger charge is -2.29. The van der Waals surface area contributed by atoms with Gasteiger partial charge in [-0.3, -0.25) is 9.78 Å². The standard InChI is InChI=1S/C30H26F3N3O4/c31-23-15-20(36-8-10-40-11-9-36)16-24(32)28(23)29(37)35-27(30(38)39)14-19-5-3-4-18(12-19)13-26-22-7-2-1-6-21(22)25(33)17-34-26/h1-7,12,15-17,27H,8-11,13-14H2,(H,35,37)(H,38,39). The van der Waals surface area contributed by atoms with E-state index in [1.807, 2.05) is 6.07 Å². The number of rotatable bonds is 8. The summed E-state index contributed by atoms with van der Waals surface area (Å²) in [6.07, 6.45) is 1.41. The van der Waals surface area contributed by atoms with Crippen LogP contribution in [0.1, 0.15) is 27.2 Å². The third-order valence-electron chi connectivity index (χ3n) is 6.87. The summed E-state index contributed by atoms with van der Waals surface area (Å²) in [5.41, 5.74) is 1.48. The summed E-state index contributed by atoms with van der Waals surface area (Å²) >= 11 is 0. The van der Waals surface area contributed by atoms with Gasteiger partial charge in [0.25, 0.3) is 5.91 Å². The minimum atomic E-state index is -1.44. The number of hydrogen-bond acceptors (Lipinski definition) is 5. The van der Waals surface area contributed by atoms with Gasteiger partial charge in [0.2, 0.25) is 0 Å². The number of carboxylic acids is 1. The first kappa shape index (κ1) is 27.1. The average Bonchev–Trinajstić information content (AvgIpc) is 2.94. The molecule has 3 aromatic carbocycles. The van der Waals surface area contributed by atoms with E-state index in [1.165, 1.54) is 6.20 Å². The number of pyridine rings is 1. The Morgan fingerprint density at radius 1 is 0.925 bits per heavy atom. The number of carbonyl (C=O) groups excluding carboxylic acids is 1. The second kappa shape index (κ2) is 11.7. The number of nitrogens with zero attached hydrogens (tertiary/aromatic N) is 2. The highest BCUT2D eigenvalue weighted by molar-refractivity contribution is 5.97. The number of benzene rings is 3. The van der Waals surface area contributed by atoms with Gasteiger partial charge in [-0.1, -0.05) is 48.5 Å². The van der Waals surface area contributed by atoms with Crippen molar-refractivity contribution in [2.24, 2.45) is 0 Å². The maximum atomic E-state index is 14.9. The largest absolute Gasteiger partial charge is 0.480 e. The van der Waals surface area contributed by atoms with Gasteiger partial charge >= 0.3 is 5.97 Å². The first-order valence-electron chi connectivity index (χ1n) is 12.8. The number of halogens is 3. The number of ether oxygens (including phenoxy) is 1. The molecular formula is C30H26F3N3O4. The Morgan fingerprint density at radius 3 is 2.30 bits per heavy atom. The lowest BCUT2D eigenvalue weighted by molar-refractivity contribution is -0.139. The predicted octanol–water partition coefficient (Wildman–Crippen LogP) is 4.51. The molecule has 206 valence electrons. The van der Waals surface area contributed by atoms with E-state index in [4.69, 9.17) is 4.74 Å². The third-order valence-corrected chi connectivity index (χ3v) is 6.87. The highest BCUT2D eigenvalue weighted by Gasteiger charge is 2.26. The summed E-state index contributed by atoms with van der Waals surface area (Å²) in [5.74, 6) is -5.09. The fourth-order valence-corrected chi connectivity index (χ4v) is 4.86. The molecular weight excluding hydrogens is 523 g/mol. The fraction of sp³-hybridized carbons (Fsp3) is 0.233. The number of carboxylic acid groups (broad SMARTS) is 1. The van der Waals surface area contributed by atoms with Crippen molar-refractivity contribution in [2.75, 3.05) is 31.2 Å². The van der Waals surface area contributed by atoms with E-state index in [1.54, 1.807) is 47.4 Å². The number of anilines is 1. The van der Waals surface area contributed by atoms with E-state index in [-0.39, 0.29) is 12.1 Å². The van der Waals surface area contributed by atoms with Crippen LogP contribution in [0.25, 0.3) is 10.8 Å². The minimum Gasteiger partial charge on any atom is -0.480 e. The van der Waals surface area contributed by atoms with E-state index in [2.05, 4.69) is 10.3 Å². The van der Waals surface area contributed by atoms with E-state index in [0.717, 1.165) is 17.7 Å². The van der Waals surface area contributed by atoms with Crippen LogP contribution in [0, 0.1) is 17.5 Å². The smallest absolute Gasteiger partial charge is 0.326 e. The Balaban J connectivity index is 1.32. The number of aromatic nitrogens is 1. The van der Waals surface area contributed by atoms with Crippen molar-refractivity contribution < 1.29 is 32.6 Å². The molecule has 0 radical (unpaired) electrons. The van der Waals surface area contributed by atoms with Crippen LogP contribution in [0.2, 0.25) is 0 Å². The number of carbonyl (C=O) groups is 2. The molecule has 2 heterocycles. The number of morpholine rings is 1. The topological polar surface area (TPSA) is 91.8 Å². The molecule has 1 amide bonds. The zero-order chi connectivity index (χ0) is 28.2. The highest BCUT2D eigenvalue weighted by Crippen LogP contribution is 2.24. The van der Waals surface area contributed by atoms with Gasteiger partial charge in [-0.25, -0.2) is 18.0 Å². The molecule has 7 nitrogen and oxygen atoms in total. The quantitative estimate of drug-likeness (QED) is 0.336. The molecule has 1 saturated heterocycles. The van der Waals surface area contributed by atoms with Crippen LogP contribution in [0.4, 0.5) is 18.9 Å². The Bertz CT molecular complexity index is 1550. The van der Waals surface area contributed by atoms with Crippen molar-refractivity contribution in [1.82, 2.24) is 10.3 Å². The van der Waals surface area contributed by atoms with Crippen molar-refractivity contribution in [3.8, 4) is 0 Å². The zero-order valence-corrected chi connectivity index (χ0v) is 21.4. The van der Waals surface area contributed by atoms with Crippen molar-refractivity contribution in [1.29, 1.82) is 0 Å². The van der Waals surface area contributed by atoms with Gasteiger partial charge in [0.15, 0.2) is 0 Å². The van der Waals surface area contributed by atoms with E-state index in [9.17, 15) is 27.9 Å². The Hall–Kier alpha value is -4.44. The molecule has 1 fully saturated rings. The van der Waals surface area contributed by atoms with Crippen LogP contribution in [0.15, 0.2) is 66.9 Å². The monoisotopic (exact) mass is 549 g/mol. The number of nitrogens with one attached hydrogen (secondary N) is 1. The molecule has 1 unspecified atom stereocenters. The molecule has 1 aliphatic heterocycles. The van der Waals surface area contributed by atoms with Crippen LogP contribution >= 0.6 is 0 Å². The maximum Gasteiger partial charge on any atom is 0.326 e. The summed E-state index contributed by atoms with van der Waals surface area (Å²) in [5, 5.41) is 13.1. The predicted molar refractivity (Wildman–Crippen MR) is 143 cm³/mol. The molecule has 4 aromatic rings. The van der Waals surface area contributed by atoms with Gasteiger partial charge in [0.1, 0.15) is 29.1 Å². The summed E-state index contributed by atoms with van der Waals surface area (Å²) in [6.45, 7) is 1.75. The van der Waals surface area contributed by atoms with Crippen LogP contribution in [0.3, 0.4) is 0 Å². The number of fused-ring (bicyclic) bond motifs is 1. The zero-order valence-electron chi connectivity index (χ0n) is 21.4. The molecule has 1 atom stereocenters. The summed E-state index contributed by atoms with van der Waals surface area (Å²) in [7, 11) is 0. The van der Waals surface area contributed by atoms with Crippen LogP contribution in [-0.4, -0.2) is 54.3 Å². The number of hydrogen-bond donors (Lipinski definition) is 2. The minimum absolute atomic E-state index is 0.123. The van der Waals surface area contributed by atoms with Gasteiger partial charge in [-0.2, -0.15) is 0 Å². The average molecular weight is 550 g/mol. The Labute approximate surface area is 228 Å². The molecule has 2 N–H and O–H groups in total. The van der Waals surface area contributed by atoms with Gasteiger partial charge in [-0.05, 0) is 23.3 Å². The molecule has 0 aliphatic carbocycles. The van der Waals surface area contributed by atoms with Gasteiger partial charge < -0.3 is 20.1 Å². The van der Waals surface area contributed by atoms with E-state index >= 15 is 0 Å². The second-order valence-corrected chi connectivity index (χ2v) is 9.55. The Kier molecular flexibility index (Phi) is 7.97. The molecule has 5 rings (SSSR count). The fourth-order valence-electron chi connectivity index (χ4n) is 4.86. The summed E-state index contributed by atoms with van der Waals surface area (Å²) in [6, 6.07) is 14.7. The van der Waals surface area contributed by atoms with Crippen molar-refractivity contribution in [3.63, 3.8) is 0 Å². The van der Waals surface area contributed by atoms with Crippen LogP contribution in [-0.2, 0) is 22.4 Å². The van der Waals surface area contributed by atoms with Gasteiger partial charge in [0, 0.05) is 42.4 Å². The second-order valence-electron chi connectivity index (χ2n) is 9.55. The van der Waals surface area contributed by atoms with Crippen molar-refractivity contribution >= 4 is 28.3 Å². The molecule has 0 spiro atoms. The molecule has 40 heavy (non-hydrogen) atoms. The summed E-state index contributed by atoms with van der Waals surface area (Å²) < 4.78 is 49.1. The van der Waals surface area contributed by atoms with Crippen LogP contribution in [0.5, 0.6) is 0 Å². The van der Waals surface area contributed by atoms with Gasteiger partial charge in [0.05, 0.1) is 25.1 Å². The Morgan fingerprint density at radius 2 is 1.60 bits per heavy atom. The number of amides is 1. The third kappa shape index (κ3) is 5.91. The first-order chi connectivity index (χ1) is 19.3. The molecule has 0 bridgehead atoms. The lowest BCUT2D eigenvalue weighted by Crippen LogP contribution is -2.43. The lowest BCUT2D eigenvalue weighted by atomic mass is 9.99. The molecule has 1 aromatic heterocycles. The normalized spacial score (nSPS) is 14.2. The molecule has 0 saturated carbocycles. The SMILES string of the molecule is O=C(NC(Cc1cccc(Cc2ncc(F)c3ccccc23)c1)C(=O)O)c1c(F)cc(N2CCOCC2)cc1F. The van der Waals surface area contributed by atoms with Crippen LogP contribution < -0.4 is 10.2 Å². The van der Waals surface area contributed by atoms with E-state index in [0.29, 0.717) is 54.8 Å². The maximum absolute atomic E-state index is 14.9. The molecule has 1 aliphatic rings. The summed E-state index contributed by atoms with van der Waals surface area (Å²) in [4.78, 5) is 30.8.